The monoisotopic (exact) mass is 238 g/mol. The maximum atomic E-state index is 5.28. The van der Waals surface area contributed by atoms with Gasteiger partial charge in [0.2, 0.25) is 5.89 Å². The molecule has 1 fully saturated rings. The minimum absolute atomic E-state index is 0.349. The summed E-state index contributed by atoms with van der Waals surface area (Å²) >= 11 is 0. The van der Waals surface area contributed by atoms with Crippen LogP contribution in [0.3, 0.4) is 0 Å². The number of likely N-dealkylation sites (N-methyl/N-ethyl adjacent to an activating group) is 1. The second-order valence-electron chi connectivity index (χ2n) is 4.89. The van der Waals surface area contributed by atoms with Crippen LogP contribution in [-0.2, 0) is 6.42 Å². The third-order valence-electron chi connectivity index (χ3n) is 3.33. The molecule has 1 aromatic rings. The van der Waals surface area contributed by atoms with E-state index >= 15 is 0 Å². The number of nitrogens with zero attached hydrogens (tertiary/aromatic N) is 3. The lowest BCUT2D eigenvalue weighted by molar-refractivity contribution is 0.195. The summed E-state index contributed by atoms with van der Waals surface area (Å²) in [6.07, 6.45) is 3.17. The van der Waals surface area contributed by atoms with Crippen molar-refractivity contribution in [1.29, 1.82) is 0 Å². The van der Waals surface area contributed by atoms with Crippen molar-refractivity contribution in [2.75, 3.05) is 20.1 Å². The summed E-state index contributed by atoms with van der Waals surface area (Å²) < 4.78 is 5.28. The third-order valence-corrected chi connectivity index (χ3v) is 3.33. The summed E-state index contributed by atoms with van der Waals surface area (Å²) in [5.41, 5.74) is 0. The minimum atomic E-state index is 0.349. The molecule has 17 heavy (non-hydrogen) atoms. The van der Waals surface area contributed by atoms with Gasteiger partial charge in [0, 0.05) is 19.0 Å². The molecule has 96 valence electrons. The average molecular weight is 238 g/mol. The van der Waals surface area contributed by atoms with Crippen LogP contribution in [0.5, 0.6) is 0 Å². The Labute approximate surface area is 103 Å². The molecule has 0 bridgehead atoms. The number of rotatable bonds is 5. The van der Waals surface area contributed by atoms with Crippen LogP contribution in [0.1, 0.15) is 44.4 Å². The van der Waals surface area contributed by atoms with Crippen molar-refractivity contribution in [3.8, 4) is 0 Å². The molecule has 5 nitrogen and oxygen atoms in total. The van der Waals surface area contributed by atoms with Crippen LogP contribution in [0.15, 0.2) is 4.52 Å². The van der Waals surface area contributed by atoms with Crippen LogP contribution in [0.4, 0.5) is 0 Å². The van der Waals surface area contributed by atoms with E-state index in [9.17, 15) is 0 Å². The molecule has 0 aliphatic carbocycles. The van der Waals surface area contributed by atoms with Crippen LogP contribution in [0.2, 0.25) is 0 Å². The van der Waals surface area contributed by atoms with E-state index in [-0.39, 0.29) is 0 Å². The van der Waals surface area contributed by atoms with Crippen LogP contribution in [-0.4, -0.2) is 41.2 Å². The van der Waals surface area contributed by atoms with Gasteiger partial charge in [-0.25, -0.2) is 0 Å². The normalized spacial score (nSPS) is 21.5. The van der Waals surface area contributed by atoms with E-state index in [1.807, 2.05) is 7.05 Å². The Morgan fingerprint density at radius 3 is 3.06 bits per heavy atom. The highest BCUT2D eigenvalue weighted by Crippen LogP contribution is 2.31. The molecule has 0 spiro atoms. The fourth-order valence-electron chi connectivity index (χ4n) is 2.42. The average Bonchev–Trinajstić information content (AvgIpc) is 2.94. The first-order valence-corrected chi connectivity index (χ1v) is 6.45. The lowest BCUT2D eigenvalue weighted by atomic mass is 10.2. The fraction of sp³-hybridized carbons (Fsp3) is 0.833. The van der Waals surface area contributed by atoms with Crippen molar-refractivity contribution in [2.45, 2.75) is 45.2 Å². The number of hydrogen-bond acceptors (Lipinski definition) is 5. The Morgan fingerprint density at radius 1 is 1.53 bits per heavy atom. The van der Waals surface area contributed by atoms with E-state index in [0.29, 0.717) is 12.1 Å². The number of nitrogens with one attached hydrogen (secondary N) is 1. The Kier molecular flexibility index (Phi) is 4.12. The van der Waals surface area contributed by atoms with Gasteiger partial charge in [0.15, 0.2) is 5.82 Å². The largest absolute Gasteiger partial charge is 0.339 e. The van der Waals surface area contributed by atoms with Crippen LogP contribution >= 0.6 is 0 Å². The maximum Gasteiger partial charge on any atom is 0.227 e. The lowest BCUT2D eigenvalue weighted by Crippen LogP contribution is -2.30. The number of likely N-dealkylation sites (tertiary alicyclic amines) is 1. The summed E-state index contributed by atoms with van der Waals surface area (Å²) in [4.78, 5) is 6.95. The topological polar surface area (TPSA) is 54.2 Å². The highest BCUT2D eigenvalue weighted by Gasteiger charge is 2.31. The summed E-state index contributed by atoms with van der Waals surface area (Å²) in [6.45, 7) is 6.46. The van der Waals surface area contributed by atoms with Crippen molar-refractivity contribution in [1.82, 2.24) is 20.4 Å². The molecule has 5 heteroatoms. The minimum Gasteiger partial charge on any atom is -0.339 e. The van der Waals surface area contributed by atoms with E-state index in [0.717, 1.165) is 37.6 Å². The lowest BCUT2D eigenvalue weighted by Gasteiger charge is -2.25. The zero-order valence-corrected chi connectivity index (χ0v) is 10.9. The van der Waals surface area contributed by atoms with Gasteiger partial charge < -0.3 is 9.84 Å². The molecular formula is C12H22N4O. The molecule has 1 unspecified atom stereocenters. The van der Waals surface area contributed by atoms with E-state index in [1.54, 1.807) is 0 Å². The first kappa shape index (κ1) is 12.5. The SMILES string of the molecule is CNCCc1nc(C2CCCN2C(C)C)no1. The second-order valence-corrected chi connectivity index (χ2v) is 4.89. The van der Waals surface area contributed by atoms with Crippen molar-refractivity contribution in [2.24, 2.45) is 0 Å². The van der Waals surface area contributed by atoms with Gasteiger partial charge in [0.1, 0.15) is 0 Å². The molecule has 2 rings (SSSR count). The number of aromatic nitrogens is 2. The van der Waals surface area contributed by atoms with Crippen LogP contribution in [0, 0.1) is 0 Å². The standard InChI is InChI=1S/C12H22N4O/c1-9(2)16-8-4-5-10(16)12-14-11(17-15-12)6-7-13-3/h9-10,13H,4-8H2,1-3H3. The number of hydrogen-bond donors (Lipinski definition) is 1. The van der Waals surface area contributed by atoms with E-state index in [2.05, 4.69) is 34.2 Å². The Bertz CT molecular complexity index is 350. The predicted octanol–water partition coefficient (Wildman–Crippen LogP) is 1.38. The quantitative estimate of drug-likeness (QED) is 0.840. The molecular weight excluding hydrogens is 216 g/mol. The summed E-state index contributed by atoms with van der Waals surface area (Å²) in [5.74, 6) is 1.60. The van der Waals surface area contributed by atoms with Gasteiger partial charge in [-0.15, -0.1) is 0 Å². The molecule has 1 saturated heterocycles. The van der Waals surface area contributed by atoms with Gasteiger partial charge in [0.25, 0.3) is 0 Å². The highest BCUT2D eigenvalue weighted by molar-refractivity contribution is 4.99. The summed E-state index contributed by atoms with van der Waals surface area (Å²) in [7, 11) is 1.93. The third kappa shape index (κ3) is 2.84. The summed E-state index contributed by atoms with van der Waals surface area (Å²) in [6, 6.07) is 0.892. The van der Waals surface area contributed by atoms with Crippen LogP contribution in [0.25, 0.3) is 0 Å². The molecule has 0 saturated carbocycles. The summed E-state index contributed by atoms with van der Waals surface area (Å²) in [5, 5.41) is 7.21. The van der Waals surface area contributed by atoms with Gasteiger partial charge in [0.05, 0.1) is 6.04 Å². The molecule has 1 aromatic heterocycles. The Balaban J connectivity index is 2.03. The van der Waals surface area contributed by atoms with Crippen molar-refractivity contribution < 1.29 is 4.52 Å². The molecule has 0 aromatic carbocycles. The molecule has 1 aliphatic rings. The zero-order chi connectivity index (χ0) is 12.3. The van der Waals surface area contributed by atoms with Crippen molar-refractivity contribution in [3.05, 3.63) is 11.7 Å². The van der Waals surface area contributed by atoms with E-state index < -0.39 is 0 Å². The predicted molar refractivity (Wildman–Crippen MR) is 65.7 cm³/mol. The van der Waals surface area contributed by atoms with Gasteiger partial charge in [-0.3, -0.25) is 4.90 Å². The van der Waals surface area contributed by atoms with Gasteiger partial charge in [-0.05, 0) is 40.3 Å². The molecule has 1 atom stereocenters. The van der Waals surface area contributed by atoms with Gasteiger partial charge >= 0.3 is 0 Å². The first-order chi connectivity index (χ1) is 8.22. The fourth-order valence-corrected chi connectivity index (χ4v) is 2.42. The van der Waals surface area contributed by atoms with Gasteiger partial charge in [-0.2, -0.15) is 4.98 Å². The first-order valence-electron chi connectivity index (χ1n) is 6.45. The molecule has 1 aliphatic heterocycles. The highest BCUT2D eigenvalue weighted by atomic mass is 16.5. The molecule has 0 amide bonds. The van der Waals surface area contributed by atoms with Crippen molar-refractivity contribution >= 4 is 0 Å². The second kappa shape index (κ2) is 5.60. The van der Waals surface area contributed by atoms with Gasteiger partial charge in [-0.1, -0.05) is 5.16 Å². The Morgan fingerprint density at radius 2 is 2.35 bits per heavy atom. The Hall–Kier alpha value is -0.940. The maximum absolute atomic E-state index is 5.28. The van der Waals surface area contributed by atoms with Crippen LogP contribution < -0.4 is 5.32 Å². The zero-order valence-electron chi connectivity index (χ0n) is 10.9. The van der Waals surface area contributed by atoms with E-state index in [4.69, 9.17) is 4.52 Å². The van der Waals surface area contributed by atoms with Crippen molar-refractivity contribution in [3.63, 3.8) is 0 Å². The smallest absolute Gasteiger partial charge is 0.227 e. The molecule has 1 N–H and O–H groups in total. The molecule has 2 heterocycles. The van der Waals surface area contributed by atoms with E-state index in [1.165, 1.54) is 6.42 Å². The molecule has 0 radical (unpaired) electrons.